The summed E-state index contributed by atoms with van der Waals surface area (Å²) in [5, 5.41) is 18.3. The first-order valence-corrected chi connectivity index (χ1v) is 8.68. The van der Waals surface area contributed by atoms with Gasteiger partial charge < -0.3 is 14.6 Å². The van der Waals surface area contributed by atoms with Crippen molar-refractivity contribution in [3.8, 4) is 0 Å². The van der Waals surface area contributed by atoms with Crippen LogP contribution < -0.4 is 0 Å². The zero-order valence-electron chi connectivity index (χ0n) is 12.4. The van der Waals surface area contributed by atoms with Crippen molar-refractivity contribution in [1.29, 1.82) is 0 Å². The predicted molar refractivity (Wildman–Crippen MR) is 80.6 cm³/mol. The van der Waals surface area contributed by atoms with Crippen LogP contribution in [0.15, 0.2) is 5.16 Å². The van der Waals surface area contributed by atoms with E-state index in [9.17, 15) is 4.79 Å². The van der Waals surface area contributed by atoms with Gasteiger partial charge >= 0.3 is 5.97 Å². The molecule has 116 valence electrons. The fraction of sp³-hybridized carbons (Fsp3) is 0.786. The summed E-state index contributed by atoms with van der Waals surface area (Å²) in [6.07, 6.45) is 4.40. The minimum absolute atomic E-state index is 0.0470. The minimum atomic E-state index is -0.805. The van der Waals surface area contributed by atoms with Gasteiger partial charge in [-0.2, -0.15) is 0 Å². The van der Waals surface area contributed by atoms with E-state index in [1.54, 1.807) is 0 Å². The maximum atomic E-state index is 10.8. The normalized spacial score (nSPS) is 28.0. The molecule has 6 nitrogen and oxygen atoms in total. The topological polar surface area (TPSA) is 71.2 Å². The number of aromatic nitrogens is 3. The molecule has 7 heteroatoms. The van der Waals surface area contributed by atoms with E-state index in [0.29, 0.717) is 12.0 Å². The molecule has 0 aliphatic carbocycles. The van der Waals surface area contributed by atoms with Crippen molar-refractivity contribution in [2.75, 3.05) is 25.4 Å². The molecule has 1 unspecified atom stereocenters. The van der Waals surface area contributed by atoms with Crippen molar-refractivity contribution in [3.05, 3.63) is 5.82 Å². The van der Waals surface area contributed by atoms with Gasteiger partial charge in [-0.25, -0.2) is 0 Å². The lowest BCUT2D eigenvalue weighted by molar-refractivity contribution is -0.133. The standard InChI is InChI=1S/C14H22N4O2S/c1-2-3-12-15-16-14(21-9-13(19)20)18(12)11-8-17-6-4-10(11)5-7-17/h10-11H,2-9H2,1H3,(H,19,20). The number of hydrogen-bond acceptors (Lipinski definition) is 5. The van der Waals surface area contributed by atoms with E-state index >= 15 is 0 Å². The number of thioether (sulfide) groups is 1. The van der Waals surface area contributed by atoms with Gasteiger partial charge in [0.25, 0.3) is 0 Å². The number of aliphatic carboxylic acids is 1. The Labute approximate surface area is 128 Å². The highest BCUT2D eigenvalue weighted by Gasteiger charge is 2.37. The number of aryl methyl sites for hydroxylation is 1. The van der Waals surface area contributed by atoms with Gasteiger partial charge in [0.15, 0.2) is 5.16 Å². The second-order valence-electron chi connectivity index (χ2n) is 5.91. The maximum Gasteiger partial charge on any atom is 0.313 e. The number of carboxylic acids is 1. The lowest BCUT2D eigenvalue weighted by atomic mass is 9.84. The number of fused-ring (bicyclic) bond motifs is 3. The van der Waals surface area contributed by atoms with Crippen LogP contribution in [0.25, 0.3) is 0 Å². The van der Waals surface area contributed by atoms with Crippen molar-refractivity contribution < 1.29 is 9.90 Å². The fourth-order valence-corrected chi connectivity index (χ4v) is 4.22. The van der Waals surface area contributed by atoms with Gasteiger partial charge in [-0.05, 0) is 38.3 Å². The van der Waals surface area contributed by atoms with Gasteiger partial charge in [0.1, 0.15) is 5.82 Å². The number of carbonyl (C=O) groups is 1. The first-order valence-electron chi connectivity index (χ1n) is 7.69. The van der Waals surface area contributed by atoms with E-state index in [0.717, 1.165) is 30.4 Å². The zero-order chi connectivity index (χ0) is 14.8. The highest BCUT2D eigenvalue weighted by atomic mass is 32.2. The minimum Gasteiger partial charge on any atom is -0.481 e. The van der Waals surface area contributed by atoms with E-state index in [2.05, 4.69) is 26.6 Å². The molecule has 3 saturated heterocycles. The molecule has 1 aromatic rings. The molecule has 21 heavy (non-hydrogen) atoms. The van der Waals surface area contributed by atoms with Gasteiger partial charge in [0.2, 0.25) is 0 Å². The lowest BCUT2D eigenvalue weighted by Crippen LogP contribution is -2.48. The Morgan fingerprint density at radius 2 is 2.14 bits per heavy atom. The molecular weight excluding hydrogens is 288 g/mol. The van der Waals surface area contributed by atoms with E-state index in [-0.39, 0.29) is 5.75 Å². The number of hydrogen-bond donors (Lipinski definition) is 1. The van der Waals surface area contributed by atoms with Crippen LogP contribution in [-0.2, 0) is 11.2 Å². The highest BCUT2D eigenvalue weighted by Crippen LogP contribution is 2.38. The Hall–Kier alpha value is -1.08. The molecule has 0 spiro atoms. The molecule has 1 aromatic heterocycles. The van der Waals surface area contributed by atoms with Crippen molar-refractivity contribution in [2.45, 2.75) is 43.8 Å². The third kappa shape index (κ3) is 3.08. The van der Waals surface area contributed by atoms with Crippen LogP contribution >= 0.6 is 11.8 Å². The first-order chi connectivity index (χ1) is 10.2. The fourth-order valence-electron chi connectivity index (χ4n) is 3.49. The first kappa shape index (κ1) is 14.8. The Morgan fingerprint density at radius 1 is 1.38 bits per heavy atom. The van der Waals surface area contributed by atoms with Crippen LogP contribution in [0.4, 0.5) is 0 Å². The van der Waals surface area contributed by atoms with Gasteiger partial charge in [0, 0.05) is 13.0 Å². The third-order valence-corrected chi connectivity index (χ3v) is 5.41. The number of rotatable bonds is 6. The molecule has 1 atom stereocenters. The smallest absolute Gasteiger partial charge is 0.313 e. The van der Waals surface area contributed by atoms with Crippen LogP contribution in [0.1, 0.15) is 38.1 Å². The molecule has 0 saturated carbocycles. The largest absolute Gasteiger partial charge is 0.481 e. The average molecular weight is 310 g/mol. The Balaban J connectivity index is 1.86. The SMILES string of the molecule is CCCc1nnc(SCC(=O)O)n1C1CN2CCC1CC2. The summed E-state index contributed by atoms with van der Waals surface area (Å²) in [5.41, 5.74) is 0. The molecule has 0 aromatic carbocycles. The second-order valence-corrected chi connectivity index (χ2v) is 6.85. The zero-order valence-corrected chi connectivity index (χ0v) is 13.2. The van der Waals surface area contributed by atoms with Crippen molar-refractivity contribution >= 4 is 17.7 Å². The Bertz CT molecular complexity index is 511. The summed E-state index contributed by atoms with van der Waals surface area (Å²) in [4.78, 5) is 13.3. The van der Waals surface area contributed by atoms with Crippen LogP contribution in [-0.4, -0.2) is 56.1 Å². The highest BCUT2D eigenvalue weighted by molar-refractivity contribution is 7.99. The van der Waals surface area contributed by atoms with Crippen molar-refractivity contribution in [3.63, 3.8) is 0 Å². The van der Waals surface area contributed by atoms with Gasteiger partial charge in [-0.15, -0.1) is 10.2 Å². The molecule has 3 aliphatic heterocycles. The van der Waals surface area contributed by atoms with Gasteiger partial charge in [-0.1, -0.05) is 18.7 Å². The summed E-state index contributed by atoms with van der Waals surface area (Å²) >= 11 is 1.29. The van der Waals surface area contributed by atoms with Gasteiger partial charge in [0.05, 0.1) is 11.8 Å². The third-order valence-electron chi connectivity index (χ3n) is 4.49. The van der Waals surface area contributed by atoms with Crippen LogP contribution in [0.3, 0.4) is 0 Å². The maximum absolute atomic E-state index is 10.8. The van der Waals surface area contributed by atoms with Crippen LogP contribution in [0.2, 0.25) is 0 Å². The quantitative estimate of drug-likeness (QED) is 0.806. The second kappa shape index (κ2) is 6.36. The summed E-state index contributed by atoms with van der Waals surface area (Å²) in [6.45, 7) is 5.59. The van der Waals surface area contributed by atoms with E-state index in [4.69, 9.17) is 5.11 Å². The predicted octanol–water partition coefficient (Wildman–Crippen LogP) is 1.67. The monoisotopic (exact) mass is 310 g/mol. The molecule has 3 fully saturated rings. The van der Waals surface area contributed by atoms with E-state index in [1.807, 2.05) is 0 Å². The van der Waals surface area contributed by atoms with Crippen molar-refractivity contribution in [2.24, 2.45) is 5.92 Å². The molecule has 3 aliphatic rings. The summed E-state index contributed by atoms with van der Waals surface area (Å²) in [5.74, 6) is 0.946. The molecule has 4 rings (SSSR count). The molecule has 4 heterocycles. The number of nitrogens with zero attached hydrogens (tertiary/aromatic N) is 4. The Kier molecular flexibility index (Phi) is 4.49. The lowest BCUT2D eigenvalue weighted by Gasteiger charge is -2.45. The van der Waals surface area contributed by atoms with E-state index < -0.39 is 5.97 Å². The molecular formula is C14H22N4O2S. The molecule has 1 N–H and O–H groups in total. The average Bonchev–Trinajstić information content (AvgIpc) is 2.89. The molecule has 0 amide bonds. The summed E-state index contributed by atoms with van der Waals surface area (Å²) in [6, 6.07) is 0.417. The number of carboxylic acid groups (broad SMARTS) is 1. The summed E-state index contributed by atoms with van der Waals surface area (Å²) in [7, 11) is 0. The van der Waals surface area contributed by atoms with Gasteiger partial charge in [-0.3, -0.25) is 4.79 Å². The summed E-state index contributed by atoms with van der Waals surface area (Å²) < 4.78 is 2.24. The van der Waals surface area contributed by atoms with E-state index in [1.165, 1.54) is 37.7 Å². The van der Waals surface area contributed by atoms with Crippen molar-refractivity contribution in [1.82, 2.24) is 19.7 Å². The molecule has 2 bridgehead atoms. The number of piperidine rings is 3. The van der Waals surface area contributed by atoms with Crippen LogP contribution in [0, 0.1) is 5.92 Å². The van der Waals surface area contributed by atoms with Crippen LogP contribution in [0.5, 0.6) is 0 Å². The Morgan fingerprint density at radius 3 is 2.71 bits per heavy atom. The molecule has 0 radical (unpaired) electrons.